The summed E-state index contributed by atoms with van der Waals surface area (Å²) < 4.78 is 24.4. The van der Waals surface area contributed by atoms with E-state index in [0.717, 1.165) is 16.7 Å². The van der Waals surface area contributed by atoms with Crippen molar-refractivity contribution in [1.29, 1.82) is 0 Å². The minimum atomic E-state index is -2.88. The summed E-state index contributed by atoms with van der Waals surface area (Å²) >= 11 is 3.64. The summed E-state index contributed by atoms with van der Waals surface area (Å²) in [6.45, 7) is 7.70. The van der Waals surface area contributed by atoms with Crippen molar-refractivity contribution in [2.24, 2.45) is 0 Å². The lowest BCUT2D eigenvalue weighted by Gasteiger charge is -2.35. The highest BCUT2D eigenvalue weighted by atomic mass is 79.9. The number of hydrogen-bond acceptors (Lipinski definition) is 4. The molecule has 1 aliphatic rings. The number of nitrogens with zero attached hydrogens (tertiary/aromatic N) is 1. The van der Waals surface area contributed by atoms with Crippen LogP contribution in [0.1, 0.15) is 32.4 Å². The van der Waals surface area contributed by atoms with Crippen LogP contribution in [0, 0.1) is 0 Å². The second-order valence-corrected chi connectivity index (χ2v) is 8.73. The van der Waals surface area contributed by atoms with E-state index in [-0.39, 0.29) is 23.6 Å². The van der Waals surface area contributed by atoms with Crippen molar-refractivity contribution >= 4 is 31.5 Å². The highest BCUT2D eigenvalue weighted by Gasteiger charge is 2.28. The van der Waals surface area contributed by atoms with Crippen LogP contribution in [-0.2, 0) is 9.84 Å². The highest BCUT2D eigenvalue weighted by molar-refractivity contribution is 9.10. The molecule has 4 nitrogen and oxygen atoms in total. The van der Waals surface area contributed by atoms with Gasteiger partial charge in [-0.05, 0) is 38.1 Å². The van der Waals surface area contributed by atoms with E-state index >= 15 is 0 Å². The number of nitrogens with one attached hydrogen (secondary N) is 1. The first-order chi connectivity index (χ1) is 9.84. The second-order valence-electron chi connectivity index (χ2n) is 5.64. The molecule has 2 unspecified atom stereocenters. The van der Waals surface area contributed by atoms with Gasteiger partial charge in [-0.3, -0.25) is 0 Å². The molecule has 118 valence electrons. The SMILES string of the molecule is CCNC(C)c1ccc(N2CCS(=O)(=O)CC2C)cc1Br. The van der Waals surface area contributed by atoms with Crippen LogP contribution in [0.5, 0.6) is 0 Å². The Morgan fingerprint density at radius 2 is 2.19 bits per heavy atom. The average Bonchev–Trinajstić information content (AvgIpc) is 2.37. The van der Waals surface area contributed by atoms with Crippen molar-refractivity contribution in [3.05, 3.63) is 28.2 Å². The number of anilines is 1. The summed E-state index contributed by atoms with van der Waals surface area (Å²) in [4.78, 5) is 2.17. The van der Waals surface area contributed by atoms with Gasteiger partial charge in [-0.15, -0.1) is 0 Å². The first-order valence-electron chi connectivity index (χ1n) is 7.34. The molecule has 0 saturated carbocycles. The minimum absolute atomic E-state index is 0.0210. The average molecular weight is 375 g/mol. The van der Waals surface area contributed by atoms with Crippen LogP contribution >= 0.6 is 15.9 Å². The fourth-order valence-corrected chi connectivity index (χ4v) is 5.11. The van der Waals surface area contributed by atoms with Gasteiger partial charge >= 0.3 is 0 Å². The molecule has 21 heavy (non-hydrogen) atoms. The summed E-state index contributed by atoms with van der Waals surface area (Å²) in [7, 11) is -2.88. The molecule has 6 heteroatoms. The lowest BCUT2D eigenvalue weighted by Crippen LogP contribution is -2.47. The zero-order valence-electron chi connectivity index (χ0n) is 12.8. The third-order valence-electron chi connectivity index (χ3n) is 3.96. The van der Waals surface area contributed by atoms with E-state index in [0.29, 0.717) is 6.54 Å². The first kappa shape index (κ1) is 16.8. The largest absolute Gasteiger partial charge is 0.367 e. The van der Waals surface area contributed by atoms with Gasteiger partial charge in [0, 0.05) is 28.8 Å². The number of rotatable bonds is 4. The number of benzene rings is 1. The summed E-state index contributed by atoms with van der Waals surface area (Å²) in [6, 6.07) is 6.60. The minimum Gasteiger partial charge on any atom is -0.367 e. The molecule has 2 atom stereocenters. The van der Waals surface area contributed by atoms with Crippen LogP contribution in [0.3, 0.4) is 0 Å². The molecule has 0 spiro atoms. The summed E-state index contributed by atoms with van der Waals surface area (Å²) in [5.41, 5.74) is 2.30. The lowest BCUT2D eigenvalue weighted by atomic mass is 10.1. The molecule has 1 fully saturated rings. The maximum Gasteiger partial charge on any atom is 0.154 e. The maximum atomic E-state index is 11.7. The van der Waals surface area contributed by atoms with Crippen LogP contribution in [0.4, 0.5) is 5.69 Å². The number of hydrogen-bond donors (Lipinski definition) is 1. The molecule has 0 bridgehead atoms. The van der Waals surface area contributed by atoms with E-state index < -0.39 is 9.84 Å². The quantitative estimate of drug-likeness (QED) is 0.879. The smallest absolute Gasteiger partial charge is 0.154 e. The fourth-order valence-electron chi connectivity index (χ4n) is 2.84. The Morgan fingerprint density at radius 1 is 1.48 bits per heavy atom. The molecule has 0 aromatic heterocycles. The van der Waals surface area contributed by atoms with E-state index in [2.05, 4.69) is 58.2 Å². The summed E-state index contributed by atoms with van der Waals surface area (Å²) in [6.07, 6.45) is 0. The van der Waals surface area contributed by atoms with Gasteiger partial charge in [-0.2, -0.15) is 0 Å². The molecule has 1 aromatic carbocycles. The van der Waals surface area contributed by atoms with E-state index in [1.165, 1.54) is 5.56 Å². The molecular formula is C15H23BrN2O2S. The normalized spacial score (nSPS) is 23.0. The van der Waals surface area contributed by atoms with Crippen molar-refractivity contribution in [2.45, 2.75) is 32.9 Å². The molecular weight excluding hydrogens is 352 g/mol. The van der Waals surface area contributed by atoms with Crippen LogP contribution < -0.4 is 10.2 Å². The molecule has 0 aliphatic carbocycles. The summed E-state index contributed by atoms with van der Waals surface area (Å²) in [5.74, 6) is 0.477. The third-order valence-corrected chi connectivity index (χ3v) is 6.44. The monoisotopic (exact) mass is 374 g/mol. The molecule has 1 aromatic rings. The van der Waals surface area contributed by atoms with Gasteiger partial charge in [0.1, 0.15) is 0 Å². The standard InChI is InChI=1S/C15H23BrN2O2S/c1-4-17-12(3)14-6-5-13(9-15(14)16)18-7-8-21(19,20)10-11(18)2/h5-6,9,11-12,17H,4,7-8,10H2,1-3H3. The van der Waals surface area contributed by atoms with Gasteiger partial charge in [0.15, 0.2) is 9.84 Å². The van der Waals surface area contributed by atoms with Crippen molar-refractivity contribution in [3.63, 3.8) is 0 Å². The van der Waals surface area contributed by atoms with Crippen molar-refractivity contribution in [2.75, 3.05) is 29.5 Å². The molecule has 1 saturated heterocycles. The van der Waals surface area contributed by atoms with Crippen molar-refractivity contribution in [3.8, 4) is 0 Å². The summed E-state index contributed by atoms with van der Waals surface area (Å²) in [5, 5.41) is 3.40. The molecule has 0 amide bonds. The first-order valence-corrected chi connectivity index (χ1v) is 9.95. The van der Waals surface area contributed by atoms with Crippen LogP contribution in [0.15, 0.2) is 22.7 Å². The zero-order valence-corrected chi connectivity index (χ0v) is 15.2. The van der Waals surface area contributed by atoms with Crippen LogP contribution in [-0.4, -0.2) is 39.1 Å². The van der Waals surface area contributed by atoms with E-state index in [1.54, 1.807) is 0 Å². The van der Waals surface area contributed by atoms with E-state index in [1.807, 2.05) is 6.92 Å². The molecule has 1 aliphatic heterocycles. The maximum absolute atomic E-state index is 11.7. The van der Waals surface area contributed by atoms with Crippen molar-refractivity contribution in [1.82, 2.24) is 5.32 Å². The van der Waals surface area contributed by atoms with Crippen molar-refractivity contribution < 1.29 is 8.42 Å². The zero-order chi connectivity index (χ0) is 15.6. The van der Waals surface area contributed by atoms with Gasteiger partial charge in [0.2, 0.25) is 0 Å². The molecule has 1 heterocycles. The lowest BCUT2D eigenvalue weighted by molar-refractivity contribution is 0.568. The predicted octanol–water partition coefficient (Wildman–Crippen LogP) is 2.74. The Balaban J connectivity index is 2.20. The van der Waals surface area contributed by atoms with E-state index in [9.17, 15) is 8.42 Å². The predicted molar refractivity (Wildman–Crippen MR) is 91.7 cm³/mol. The highest BCUT2D eigenvalue weighted by Crippen LogP contribution is 2.30. The van der Waals surface area contributed by atoms with Crippen LogP contribution in [0.25, 0.3) is 0 Å². The molecule has 0 radical (unpaired) electrons. The van der Waals surface area contributed by atoms with Crippen LogP contribution in [0.2, 0.25) is 0 Å². The Bertz CT molecular complexity index is 604. The Kier molecular flexibility index (Phi) is 5.33. The Labute approximate surface area is 136 Å². The molecule has 1 N–H and O–H groups in total. The Hall–Kier alpha value is -0.590. The Morgan fingerprint density at radius 3 is 2.76 bits per heavy atom. The number of sulfone groups is 1. The van der Waals surface area contributed by atoms with E-state index in [4.69, 9.17) is 0 Å². The number of halogens is 1. The van der Waals surface area contributed by atoms with Gasteiger partial charge < -0.3 is 10.2 Å². The second kappa shape index (κ2) is 6.67. The molecule has 2 rings (SSSR count). The van der Waals surface area contributed by atoms with Gasteiger partial charge in [-0.1, -0.05) is 28.9 Å². The van der Waals surface area contributed by atoms with Gasteiger partial charge in [0.05, 0.1) is 11.5 Å². The topological polar surface area (TPSA) is 49.4 Å². The third kappa shape index (κ3) is 3.99. The van der Waals surface area contributed by atoms with Gasteiger partial charge in [-0.25, -0.2) is 8.42 Å². The van der Waals surface area contributed by atoms with Gasteiger partial charge in [0.25, 0.3) is 0 Å². The fraction of sp³-hybridized carbons (Fsp3) is 0.600.